The van der Waals surface area contributed by atoms with Crippen LogP contribution in [-0.2, 0) is 16.1 Å². The molecule has 0 aliphatic carbocycles. The molecule has 0 atom stereocenters. The summed E-state index contributed by atoms with van der Waals surface area (Å²) < 4.78 is 7.06. The second kappa shape index (κ2) is 6.03. The Morgan fingerprint density at radius 1 is 1.61 bits per heavy atom. The van der Waals surface area contributed by atoms with Crippen molar-refractivity contribution in [2.24, 2.45) is 0 Å². The summed E-state index contributed by atoms with van der Waals surface area (Å²) in [5.74, 6) is -1.21. The van der Waals surface area contributed by atoms with Crippen LogP contribution in [0, 0.1) is 25.2 Å². The molecule has 1 aromatic heterocycles. The van der Waals surface area contributed by atoms with E-state index in [0.717, 1.165) is 17.0 Å². The number of aryl methyl sites for hydroxylation is 1. The number of carbonyl (C=O) groups is 1. The van der Waals surface area contributed by atoms with Gasteiger partial charge in [0, 0.05) is 25.0 Å². The van der Waals surface area contributed by atoms with Crippen LogP contribution in [-0.4, -0.2) is 29.4 Å². The summed E-state index contributed by atoms with van der Waals surface area (Å²) in [7, 11) is 1.63. The van der Waals surface area contributed by atoms with Crippen molar-refractivity contribution in [1.29, 1.82) is 5.26 Å². The largest absolute Gasteiger partial charge is 0.477 e. The molecule has 0 bridgehead atoms. The molecular formula is C13H16N2O3. The van der Waals surface area contributed by atoms with E-state index < -0.39 is 5.97 Å². The Balaban J connectivity index is 3.13. The van der Waals surface area contributed by atoms with E-state index in [-0.39, 0.29) is 5.57 Å². The number of aliphatic carboxylic acids is 1. The van der Waals surface area contributed by atoms with Gasteiger partial charge in [-0.05, 0) is 31.6 Å². The zero-order valence-electron chi connectivity index (χ0n) is 10.7. The Labute approximate surface area is 106 Å². The van der Waals surface area contributed by atoms with E-state index in [1.165, 1.54) is 6.08 Å². The number of nitriles is 1. The van der Waals surface area contributed by atoms with Gasteiger partial charge >= 0.3 is 5.97 Å². The third-order valence-electron chi connectivity index (χ3n) is 2.78. The number of nitrogens with zero attached hydrogens (tertiary/aromatic N) is 2. The molecule has 0 aliphatic heterocycles. The van der Waals surface area contributed by atoms with Crippen LogP contribution in [0.2, 0.25) is 0 Å². The maximum Gasteiger partial charge on any atom is 0.346 e. The standard InChI is InChI=1S/C13H16N2O3/c1-9-6-11(7-12(8-14)13(16)17)10(2)15(9)4-5-18-3/h6-7H,4-5H2,1-3H3,(H,16,17). The maximum atomic E-state index is 10.8. The lowest BCUT2D eigenvalue weighted by molar-refractivity contribution is -0.132. The second-order valence-corrected chi connectivity index (χ2v) is 3.95. The number of carboxylic acids is 1. The zero-order chi connectivity index (χ0) is 13.7. The first kappa shape index (κ1) is 14.0. The lowest BCUT2D eigenvalue weighted by Gasteiger charge is -2.08. The number of rotatable bonds is 5. The number of methoxy groups -OCH3 is 1. The van der Waals surface area contributed by atoms with Crippen LogP contribution < -0.4 is 0 Å². The van der Waals surface area contributed by atoms with E-state index in [9.17, 15) is 4.79 Å². The van der Waals surface area contributed by atoms with Crippen molar-refractivity contribution >= 4 is 12.0 Å². The van der Waals surface area contributed by atoms with Crippen LogP contribution in [0.3, 0.4) is 0 Å². The smallest absolute Gasteiger partial charge is 0.346 e. The quantitative estimate of drug-likeness (QED) is 0.636. The summed E-state index contributed by atoms with van der Waals surface area (Å²) in [6, 6.07) is 3.54. The zero-order valence-corrected chi connectivity index (χ0v) is 10.7. The van der Waals surface area contributed by atoms with Gasteiger partial charge in [0.25, 0.3) is 0 Å². The molecule has 0 unspecified atom stereocenters. The Kier molecular flexibility index (Phi) is 4.69. The maximum absolute atomic E-state index is 10.8. The predicted molar refractivity (Wildman–Crippen MR) is 67.0 cm³/mol. The van der Waals surface area contributed by atoms with Crippen molar-refractivity contribution in [3.63, 3.8) is 0 Å². The van der Waals surface area contributed by atoms with Gasteiger partial charge in [-0.3, -0.25) is 0 Å². The van der Waals surface area contributed by atoms with E-state index in [1.807, 2.05) is 24.5 Å². The monoisotopic (exact) mass is 248 g/mol. The van der Waals surface area contributed by atoms with Crippen molar-refractivity contribution in [3.8, 4) is 6.07 Å². The van der Waals surface area contributed by atoms with Gasteiger partial charge in [0.05, 0.1) is 6.61 Å². The Morgan fingerprint density at radius 3 is 2.78 bits per heavy atom. The molecule has 96 valence electrons. The number of hydrogen-bond acceptors (Lipinski definition) is 3. The fraction of sp³-hybridized carbons (Fsp3) is 0.385. The van der Waals surface area contributed by atoms with Crippen LogP contribution >= 0.6 is 0 Å². The van der Waals surface area contributed by atoms with Crippen molar-refractivity contribution < 1.29 is 14.6 Å². The summed E-state index contributed by atoms with van der Waals surface area (Å²) >= 11 is 0. The van der Waals surface area contributed by atoms with Gasteiger partial charge < -0.3 is 14.4 Å². The molecule has 5 nitrogen and oxygen atoms in total. The minimum absolute atomic E-state index is 0.262. The van der Waals surface area contributed by atoms with E-state index in [2.05, 4.69) is 0 Å². The van der Waals surface area contributed by atoms with Crippen LogP contribution in [0.1, 0.15) is 17.0 Å². The molecule has 0 amide bonds. The minimum Gasteiger partial charge on any atom is -0.477 e. The van der Waals surface area contributed by atoms with Gasteiger partial charge in [0.2, 0.25) is 0 Å². The molecular weight excluding hydrogens is 232 g/mol. The van der Waals surface area contributed by atoms with Crippen LogP contribution in [0.5, 0.6) is 0 Å². The lowest BCUT2D eigenvalue weighted by Crippen LogP contribution is -2.07. The molecule has 1 rings (SSSR count). The summed E-state index contributed by atoms with van der Waals surface area (Å²) in [5, 5.41) is 17.6. The minimum atomic E-state index is -1.21. The normalized spacial score (nSPS) is 11.3. The molecule has 0 saturated carbocycles. The molecule has 1 aromatic rings. The third kappa shape index (κ3) is 2.99. The van der Waals surface area contributed by atoms with Gasteiger partial charge in [0.15, 0.2) is 0 Å². The average Bonchev–Trinajstić information content (AvgIpc) is 2.59. The first-order chi connectivity index (χ1) is 8.51. The molecule has 18 heavy (non-hydrogen) atoms. The highest BCUT2D eigenvalue weighted by Gasteiger charge is 2.11. The SMILES string of the molecule is COCCn1c(C)cc(C=C(C#N)C(=O)O)c1C. The number of hydrogen-bond donors (Lipinski definition) is 1. The highest BCUT2D eigenvalue weighted by molar-refractivity contribution is 5.96. The highest BCUT2D eigenvalue weighted by Crippen LogP contribution is 2.18. The predicted octanol–water partition coefficient (Wildman–Crippen LogP) is 1.74. The topological polar surface area (TPSA) is 75.2 Å². The van der Waals surface area contributed by atoms with E-state index in [1.54, 1.807) is 13.2 Å². The van der Waals surface area contributed by atoms with Crippen molar-refractivity contribution in [2.75, 3.05) is 13.7 Å². The molecule has 0 fully saturated rings. The number of ether oxygens (including phenoxy) is 1. The fourth-order valence-corrected chi connectivity index (χ4v) is 1.80. The summed E-state index contributed by atoms with van der Waals surface area (Å²) in [6.07, 6.45) is 1.40. The summed E-state index contributed by atoms with van der Waals surface area (Å²) in [4.78, 5) is 10.8. The fourth-order valence-electron chi connectivity index (χ4n) is 1.80. The average molecular weight is 248 g/mol. The summed E-state index contributed by atoms with van der Waals surface area (Å²) in [6.45, 7) is 5.12. The van der Waals surface area contributed by atoms with Crippen LogP contribution in [0.15, 0.2) is 11.6 Å². The van der Waals surface area contributed by atoms with E-state index in [4.69, 9.17) is 15.1 Å². The van der Waals surface area contributed by atoms with Crippen LogP contribution in [0.4, 0.5) is 0 Å². The molecule has 0 spiro atoms. The molecule has 0 radical (unpaired) electrons. The van der Waals surface area contributed by atoms with Crippen molar-refractivity contribution in [1.82, 2.24) is 4.57 Å². The lowest BCUT2D eigenvalue weighted by atomic mass is 10.1. The van der Waals surface area contributed by atoms with Gasteiger partial charge in [-0.1, -0.05) is 0 Å². The Morgan fingerprint density at radius 2 is 2.28 bits per heavy atom. The van der Waals surface area contributed by atoms with Gasteiger partial charge in [-0.2, -0.15) is 5.26 Å². The van der Waals surface area contributed by atoms with E-state index in [0.29, 0.717) is 13.2 Å². The molecule has 0 aliphatic rings. The number of aromatic nitrogens is 1. The van der Waals surface area contributed by atoms with Crippen molar-refractivity contribution in [3.05, 3.63) is 28.6 Å². The first-order valence-corrected chi connectivity index (χ1v) is 5.52. The third-order valence-corrected chi connectivity index (χ3v) is 2.78. The highest BCUT2D eigenvalue weighted by atomic mass is 16.5. The molecule has 5 heteroatoms. The summed E-state index contributed by atoms with van der Waals surface area (Å²) in [5.41, 5.74) is 2.43. The molecule has 0 saturated heterocycles. The number of carboxylic acid groups (broad SMARTS) is 1. The van der Waals surface area contributed by atoms with E-state index >= 15 is 0 Å². The molecule has 1 heterocycles. The van der Waals surface area contributed by atoms with Gasteiger partial charge in [0.1, 0.15) is 11.6 Å². The molecule has 1 N–H and O–H groups in total. The van der Waals surface area contributed by atoms with Crippen molar-refractivity contribution in [2.45, 2.75) is 20.4 Å². The Hall–Kier alpha value is -2.06. The Bertz CT molecular complexity index is 521. The molecule has 0 aromatic carbocycles. The first-order valence-electron chi connectivity index (χ1n) is 5.52. The van der Waals surface area contributed by atoms with Gasteiger partial charge in [-0.25, -0.2) is 4.79 Å². The second-order valence-electron chi connectivity index (χ2n) is 3.95. The van der Waals surface area contributed by atoms with Gasteiger partial charge in [-0.15, -0.1) is 0 Å². The van der Waals surface area contributed by atoms with Crippen LogP contribution in [0.25, 0.3) is 6.08 Å².